The van der Waals surface area contributed by atoms with Crippen LogP contribution in [0.3, 0.4) is 0 Å². The molecule has 2 amide bonds. The maximum atomic E-state index is 12.5. The Morgan fingerprint density at radius 2 is 2.17 bits per heavy atom. The highest BCUT2D eigenvalue weighted by Crippen LogP contribution is 2.28. The molecule has 1 fully saturated rings. The first-order chi connectivity index (χ1) is 11.0. The minimum absolute atomic E-state index is 0.173. The van der Waals surface area contributed by atoms with Gasteiger partial charge in [0.1, 0.15) is 11.7 Å². The van der Waals surface area contributed by atoms with Crippen LogP contribution in [0.4, 0.5) is 11.5 Å². The second-order valence-electron chi connectivity index (χ2n) is 5.52. The standard InChI is InChI=1S/C17H16BrN3O2/c1-11-5-6-15(19-10-11)20-16(22)14-7-8-21(17(14)23)13-4-2-3-12(18)9-13/h2-6,9-10,14H,7-8H2,1H3,(H,19,20,22). The molecular formula is C17H16BrN3O2. The smallest absolute Gasteiger partial charge is 0.239 e. The van der Waals surface area contributed by atoms with Gasteiger partial charge in [-0.05, 0) is 43.2 Å². The summed E-state index contributed by atoms with van der Waals surface area (Å²) in [7, 11) is 0. The lowest BCUT2D eigenvalue weighted by Gasteiger charge is -2.17. The Balaban J connectivity index is 1.71. The van der Waals surface area contributed by atoms with Crippen molar-refractivity contribution in [3.63, 3.8) is 0 Å². The Morgan fingerprint density at radius 1 is 1.35 bits per heavy atom. The molecule has 118 valence electrons. The summed E-state index contributed by atoms with van der Waals surface area (Å²) in [5.74, 6) is -0.678. The fourth-order valence-electron chi connectivity index (χ4n) is 2.58. The highest BCUT2D eigenvalue weighted by atomic mass is 79.9. The summed E-state index contributed by atoms with van der Waals surface area (Å²) in [6.07, 6.45) is 2.18. The van der Waals surface area contributed by atoms with Crippen LogP contribution in [0.5, 0.6) is 0 Å². The molecule has 6 heteroatoms. The summed E-state index contributed by atoms with van der Waals surface area (Å²) < 4.78 is 0.902. The molecule has 5 nitrogen and oxygen atoms in total. The van der Waals surface area contributed by atoms with Crippen molar-refractivity contribution in [2.75, 3.05) is 16.8 Å². The third-order valence-electron chi connectivity index (χ3n) is 3.80. The molecule has 0 radical (unpaired) electrons. The zero-order chi connectivity index (χ0) is 16.4. The van der Waals surface area contributed by atoms with E-state index >= 15 is 0 Å². The summed E-state index contributed by atoms with van der Waals surface area (Å²) in [6.45, 7) is 2.46. The van der Waals surface area contributed by atoms with Crippen molar-refractivity contribution >= 4 is 39.2 Å². The zero-order valence-corrected chi connectivity index (χ0v) is 14.2. The molecule has 1 N–H and O–H groups in total. The van der Waals surface area contributed by atoms with E-state index in [1.54, 1.807) is 17.2 Å². The normalized spacial score (nSPS) is 17.4. The summed E-state index contributed by atoms with van der Waals surface area (Å²) in [5.41, 5.74) is 1.81. The van der Waals surface area contributed by atoms with E-state index in [2.05, 4.69) is 26.2 Å². The SMILES string of the molecule is Cc1ccc(NC(=O)C2CCN(c3cccc(Br)c3)C2=O)nc1. The second kappa shape index (κ2) is 6.50. The van der Waals surface area contributed by atoms with E-state index in [4.69, 9.17) is 0 Å². The molecule has 1 aliphatic rings. The van der Waals surface area contributed by atoms with Gasteiger partial charge < -0.3 is 10.2 Å². The highest BCUT2D eigenvalue weighted by Gasteiger charge is 2.37. The average Bonchev–Trinajstić information content (AvgIpc) is 2.91. The van der Waals surface area contributed by atoms with Crippen molar-refractivity contribution in [2.45, 2.75) is 13.3 Å². The second-order valence-corrected chi connectivity index (χ2v) is 6.44. The molecule has 1 saturated heterocycles. The number of nitrogens with one attached hydrogen (secondary N) is 1. The lowest BCUT2D eigenvalue weighted by Crippen LogP contribution is -2.33. The van der Waals surface area contributed by atoms with Gasteiger partial charge in [-0.3, -0.25) is 9.59 Å². The third kappa shape index (κ3) is 3.42. The summed E-state index contributed by atoms with van der Waals surface area (Å²) in [5, 5.41) is 2.72. The number of aromatic nitrogens is 1. The quantitative estimate of drug-likeness (QED) is 0.840. The first kappa shape index (κ1) is 15.7. The third-order valence-corrected chi connectivity index (χ3v) is 4.30. The zero-order valence-electron chi connectivity index (χ0n) is 12.6. The average molecular weight is 374 g/mol. The van der Waals surface area contributed by atoms with Crippen LogP contribution in [0.25, 0.3) is 0 Å². The van der Waals surface area contributed by atoms with Gasteiger partial charge in [0.15, 0.2) is 0 Å². The number of pyridine rings is 1. The van der Waals surface area contributed by atoms with Crippen LogP contribution >= 0.6 is 15.9 Å². The molecule has 0 saturated carbocycles. The van der Waals surface area contributed by atoms with Crippen molar-refractivity contribution in [3.8, 4) is 0 Å². The van der Waals surface area contributed by atoms with Crippen LogP contribution in [0.1, 0.15) is 12.0 Å². The molecule has 1 aliphatic heterocycles. The predicted octanol–water partition coefficient (Wildman–Crippen LogP) is 3.14. The molecule has 0 bridgehead atoms. The maximum absolute atomic E-state index is 12.5. The van der Waals surface area contributed by atoms with Gasteiger partial charge in [-0.25, -0.2) is 4.98 Å². The Bertz CT molecular complexity index is 746. The van der Waals surface area contributed by atoms with Crippen molar-refractivity contribution in [1.29, 1.82) is 0 Å². The fourth-order valence-corrected chi connectivity index (χ4v) is 2.97. The predicted molar refractivity (Wildman–Crippen MR) is 92.2 cm³/mol. The molecule has 23 heavy (non-hydrogen) atoms. The first-order valence-corrected chi connectivity index (χ1v) is 8.14. The van der Waals surface area contributed by atoms with E-state index in [1.165, 1.54) is 0 Å². The Labute approximate surface area is 142 Å². The summed E-state index contributed by atoms with van der Waals surface area (Å²) in [4.78, 5) is 30.7. The number of anilines is 2. The number of hydrogen-bond donors (Lipinski definition) is 1. The van der Waals surface area contributed by atoms with Crippen LogP contribution in [-0.2, 0) is 9.59 Å². The van der Waals surface area contributed by atoms with Crippen molar-refractivity contribution < 1.29 is 9.59 Å². The van der Waals surface area contributed by atoms with E-state index in [-0.39, 0.29) is 11.8 Å². The van der Waals surface area contributed by atoms with Crippen molar-refractivity contribution in [3.05, 3.63) is 52.6 Å². The van der Waals surface area contributed by atoms with Crippen molar-refractivity contribution in [2.24, 2.45) is 5.92 Å². The number of nitrogens with zero attached hydrogens (tertiary/aromatic N) is 2. The molecule has 1 unspecified atom stereocenters. The Hall–Kier alpha value is -2.21. The molecule has 1 aromatic carbocycles. The number of rotatable bonds is 3. The summed E-state index contributed by atoms with van der Waals surface area (Å²) >= 11 is 3.40. The van der Waals surface area contributed by atoms with Gasteiger partial charge in [-0.2, -0.15) is 0 Å². The van der Waals surface area contributed by atoms with E-state index in [0.29, 0.717) is 18.8 Å². The van der Waals surface area contributed by atoms with E-state index in [9.17, 15) is 9.59 Å². The minimum Gasteiger partial charge on any atom is -0.312 e. The van der Waals surface area contributed by atoms with Crippen LogP contribution in [0.15, 0.2) is 47.1 Å². The number of carbonyl (C=O) groups excluding carboxylic acids is 2. The van der Waals surface area contributed by atoms with Crippen LogP contribution in [-0.4, -0.2) is 23.3 Å². The molecule has 1 atom stereocenters. The molecule has 1 aromatic heterocycles. The Kier molecular flexibility index (Phi) is 4.43. The Morgan fingerprint density at radius 3 is 2.87 bits per heavy atom. The number of amides is 2. The molecule has 2 heterocycles. The number of halogens is 1. The van der Waals surface area contributed by atoms with E-state index in [1.807, 2.05) is 37.3 Å². The number of carbonyl (C=O) groups is 2. The molecule has 0 aliphatic carbocycles. The van der Waals surface area contributed by atoms with Crippen LogP contribution in [0.2, 0.25) is 0 Å². The highest BCUT2D eigenvalue weighted by molar-refractivity contribution is 9.10. The van der Waals surface area contributed by atoms with Gasteiger partial charge in [0.25, 0.3) is 0 Å². The lowest BCUT2D eigenvalue weighted by atomic mass is 10.1. The molecular weight excluding hydrogens is 358 g/mol. The van der Waals surface area contributed by atoms with E-state index < -0.39 is 5.92 Å². The molecule has 2 aromatic rings. The van der Waals surface area contributed by atoms with Gasteiger partial charge in [-0.1, -0.05) is 28.1 Å². The maximum Gasteiger partial charge on any atom is 0.239 e. The van der Waals surface area contributed by atoms with Gasteiger partial charge >= 0.3 is 0 Å². The monoisotopic (exact) mass is 373 g/mol. The first-order valence-electron chi connectivity index (χ1n) is 7.35. The fraction of sp³-hybridized carbons (Fsp3) is 0.235. The molecule has 3 rings (SSSR count). The largest absolute Gasteiger partial charge is 0.312 e. The van der Waals surface area contributed by atoms with Gasteiger partial charge in [0, 0.05) is 22.9 Å². The van der Waals surface area contributed by atoms with Crippen molar-refractivity contribution in [1.82, 2.24) is 4.98 Å². The van der Waals surface area contributed by atoms with Crippen LogP contribution < -0.4 is 10.2 Å². The minimum atomic E-state index is -0.669. The van der Waals surface area contributed by atoms with Gasteiger partial charge in [0.05, 0.1) is 0 Å². The van der Waals surface area contributed by atoms with Gasteiger partial charge in [-0.15, -0.1) is 0 Å². The molecule has 0 spiro atoms. The van der Waals surface area contributed by atoms with E-state index in [0.717, 1.165) is 15.7 Å². The van der Waals surface area contributed by atoms with Crippen LogP contribution in [0, 0.1) is 12.8 Å². The summed E-state index contributed by atoms with van der Waals surface area (Å²) in [6, 6.07) is 11.1. The van der Waals surface area contributed by atoms with Gasteiger partial charge in [0.2, 0.25) is 11.8 Å². The number of benzene rings is 1. The topological polar surface area (TPSA) is 62.3 Å². The number of hydrogen-bond acceptors (Lipinski definition) is 3. The lowest BCUT2D eigenvalue weighted by molar-refractivity contribution is -0.129. The number of aryl methyl sites for hydroxylation is 1.